The Labute approximate surface area is 189 Å². The van der Waals surface area contributed by atoms with Crippen molar-refractivity contribution in [2.45, 2.75) is 52.1 Å². The molecule has 6 rings (SSSR count). The molecule has 0 unspecified atom stereocenters. The Morgan fingerprint density at radius 3 is 2.42 bits per heavy atom. The minimum absolute atomic E-state index is 0.0887. The molecule has 2 atom stereocenters. The zero-order valence-electron chi connectivity index (χ0n) is 18.6. The van der Waals surface area contributed by atoms with Gasteiger partial charge >= 0.3 is 6.09 Å². The van der Waals surface area contributed by atoms with E-state index in [0.29, 0.717) is 5.92 Å². The van der Waals surface area contributed by atoms with Crippen LogP contribution in [0.3, 0.4) is 0 Å². The number of aryl methyl sites for hydroxylation is 1. The quantitative estimate of drug-likeness (QED) is 0.637. The minimum atomic E-state index is -0.779. The zero-order valence-corrected chi connectivity index (χ0v) is 19.3. The summed E-state index contributed by atoms with van der Waals surface area (Å²) in [4.78, 5) is 16.9. The fraction of sp³-hybridized carbons (Fsp3) is 0.500. The molecule has 2 aromatic rings. The van der Waals surface area contributed by atoms with Gasteiger partial charge < -0.3 is 10.0 Å². The molecule has 0 radical (unpaired) electrons. The Morgan fingerprint density at radius 2 is 1.81 bits per heavy atom. The van der Waals surface area contributed by atoms with Gasteiger partial charge in [-0.15, -0.1) is 0 Å². The predicted molar refractivity (Wildman–Crippen MR) is 125 cm³/mol. The summed E-state index contributed by atoms with van der Waals surface area (Å²) >= 11 is 6.37. The lowest BCUT2D eigenvalue weighted by Crippen LogP contribution is -2.60. The number of fused-ring (bicyclic) bond motifs is 4. The van der Waals surface area contributed by atoms with E-state index in [9.17, 15) is 9.90 Å². The molecule has 4 aliphatic rings. The first-order chi connectivity index (χ1) is 14.7. The molecule has 2 bridgehead atoms. The Morgan fingerprint density at radius 1 is 1.13 bits per heavy atom. The molecule has 4 nitrogen and oxygen atoms in total. The molecule has 0 spiro atoms. The van der Waals surface area contributed by atoms with Crippen molar-refractivity contribution in [3.8, 4) is 11.1 Å². The van der Waals surface area contributed by atoms with Crippen LogP contribution in [0.2, 0.25) is 5.02 Å². The fourth-order valence-electron chi connectivity index (χ4n) is 6.21. The number of hydrogen-bond donors (Lipinski definition) is 1. The Bertz CT molecular complexity index is 1030. The van der Waals surface area contributed by atoms with Gasteiger partial charge in [-0.3, -0.25) is 4.90 Å². The van der Waals surface area contributed by atoms with Crippen molar-refractivity contribution >= 4 is 17.7 Å². The second kappa shape index (κ2) is 7.53. The average molecular weight is 439 g/mol. The second-order valence-electron chi connectivity index (χ2n) is 10.3. The van der Waals surface area contributed by atoms with Crippen LogP contribution in [0.25, 0.3) is 11.1 Å². The van der Waals surface area contributed by atoms with Crippen molar-refractivity contribution in [2.24, 2.45) is 11.3 Å². The maximum Gasteiger partial charge on any atom is 0.408 e. The molecule has 2 aromatic carbocycles. The highest BCUT2D eigenvalue weighted by molar-refractivity contribution is 6.31. The second-order valence-corrected chi connectivity index (χ2v) is 10.7. The lowest BCUT2D eigenvalue weighted by atomic mass is 9.79. The average Bonchev–Trinajstić information content (AvgIpc) is 3.00. The van der Waals surface area contributed by atoms with Gasteiger partial charge in [-0.1, -0.05) is 55.8 Å². The number of carboxylic acid groups (broad SMARTS) is 1. The Kier molecular flexibility index (Phi) is 5.06. The highest BCUT2D eigenvalue weighted by Crippen LogP contribution is 2.51. The maximum absolute atomic E-state index is 12.6. The number of rotatable bonds is 3. The number of hydrogen-bond acceptors (Lipinski definition) is 2. The Balaban J connectivity index is 1.53. The minimum Gasteiger partial charge on any atom is -0.465 e. The Hall–Kier alpha value is -2.04. The third-order valence-corrected chi connectivity index (χ3v) is 8.21. The third kappa shape index (κ3) is 3.54. The monoisotopic (exact) mass is 438 g/mol. The smallest absolute Gasteiger partial charge is 0.408 e. The van der Waals surface area contributed by atoms with Gasteiger partial charge in [-0.25, -0.2) is 4.79 Å². The molecule has 31 heavy (non-hydrogen) atoms. The SMILES string of the molecule is Cc1ccc(-c2ccc3c(c2)CC(C)(C)[C@H]3N(C(=O)O)[C@@H]2CN3CCC2CC3)cc1Cl. The van der Waals surface area contributed by atoms with Crippen LogP contribution in [-0.2, 0) is 6.42 Å². The van der Waals surface area contributed by atoms with Gasteiger partial charge in [0.1, 0.15) is 0 Å². The van der Waals surface area contributed by atoms with Gasteiger partial charge in [0.2, 0.25) is 0 Å². The molecule has 5 heteroatoms. The van der Waals surface area contributed by atoms with E-state index in [1.165, 1.54) is 11.1 Å². The highest BCUT2D eigenvalue weighted by Gasteiger charge is 2.50. The van der Waals surface area contributed by atoms with Crippen LogP contribution in [0.15, 0.2) is 36.4 Å². The van der Waals surface area contributed by atoms with Gasteiger partial charge in [-0.2, -0.15) is 0 Å². The van der Waals surface area contributed by atoms with E-state index in [2.05, 4.69) is 49.1 Å². The van der Waals surface area contributed by atoms with Crippen molar-refractivity contribution < 1.29 is 9.90 Å². The summed E-state index contributed by atoms with van der Waals surface area (Å²) in [7, 11) is 0. The first kappa shape index (κ1) is 20.8. The lowest BCUT2D eigenvalue weighted by molar-refractivity contribution is -0.0267. The van der Waals surface area contributed by atoms with E-state index in [1.807, 2.05) is 17.9 Å². The van der Waals surface area contributed by atoms with E-state index < -0.39 is 6.09 Å². The summed E-state index contributed by atoms with van der Waals surface area (Å²) in [5.74, 6) is 0.481. The van der Waals surface area contributed by atoms with E-state index in [4.69, 9.17) is 11.6 Å². The molecule has 0 aromatic heterocycles. The number of carbonyl (C=O) groups is 1. The molecule has 164 valence electrons. The number of halogens is 1. The topological polar surface area (TPSA) is 43.8 Å². The van der Waals surface area contributed by atoms with Crippen molar-refractivity contribution in [3.63, 3.8) is 0 Å². The van der Waals surface area contributed by atoms with Crippen LogP contribution in [0.5, 0.6) is 0 Å². The molecular weight excluding hydrogens is 408 g/mol. The fourth-order valence-corrected chi connectivity index (χ4v) is 6.39. The van der Waals surface area contributed by atoms with Gasteiger partial charge in [0.25, 0.3) is 0 Å². The van der Waals surface area contributed by atoms with Crippen LogP contribution in [0.1, 0.15) is 49.4 Å². The number of nitrogens with zero attached hydrogens (tertiary/aromatic N) is 2. The van der Waals surface area contributed by atoms with Crippen molar-refractivity contribution in [3.05, 3.63) is 58.1 Å². The number of amides is 1. The van der Waals surface area contributed by atoms with E-state index >= 15 is 0 Å². The number of piperidine rings is 3. The lowest BCUT2D eigenvalue weighted by Gasteiger charge is -2.51. The molecule has 1 N–H and O–H groups in total. The highest BCUT2D eigenvalue weighted by atomic mass is 35.5. The van der Waals surface area contributed by atoms with Crippen LogP contribution >= 0.6 is 11.6 Å². The predicted octanol–water partition coefficient (Wildman–Crippen LogP) is 6.01. The van der Waals surface area contributed by atoms with E-state index in [0.717, 1.165) is 60.6 Å². The summed E-state index contributed by atoms with van der Waals surface area (Å²) in [5.41, 5.74) is 5.61. The van der Waals surface area contributed by atoms with Crippen molar-refractivity contribution in [2.75, 3.05) is 19.6 Å². The van der Waals surface area contributed by atoms with Gasteiger partial charge in [-0.05, 0) is 84.5 Å². The van der Waals surface area contributed by atoms with Crippen LogP contribution in [0.4, 0.5) is 4.79 Å². The van der Waals surface area contributed by atoms with Crippen LogP contribution < -0.4 is 0 Å². The van der Waals surface area contributed by atoms with Crippen LogP contribution in [0, 0.1) is 18.3 Å². The summed E-state index contributed by atoms with van der Waals surface area (Å²) < 4.78 is 0. The maximum atomic E-state index is 12.6. The van der Waals surface area contributed by atoms with Crippen molar-refractivity contribution in [1.82, 2.24) is 9.80 Å². The molecular formula is C26H31ClN2O2. The molecule has 3 saturated heterocycles. The summed E-state index contributed by atoms with van der Waals surface area (Å²) in [5, 5.41) is 11.1. The first-order valence-corrected chi connectivity index (χ1v) is 11.8. The van der Waals surface area contributed by atoms with Crippen molar-refractivity contribution in [1.29, 1.82) is 0 Å². The van der Waals surface area contributed by atoms with Crippen LogP contribution in [-0.4, -0.2) is 46.7 Å². The molecule has 3 fully saturated rings. The standard InChI is InChI=1S/C26H31ClN2O2/c1-16-4-5-19(13-22(16)27)18-6-7-21-20(12-18)14-26(2,3)24(21)29(25(30)31)23-15-28-10-8-17(23)9-11-28/h4-7,12-13,17,23-24H,8-11,14-15H2,1-3H3,(H,30,31)/t23-,24+/m1/s1. The summed E-state index contributed by atoms with van der Waals surface area (Å²) in [6.07, 6.45) is 2.33. The van der Waals surface area contributed by atoms with Gasteiger partial charge in [0.15, 0.2) is 0 Å². The summed E-state index contributed by atoms with van der Waals surface area (Å²) in [6, 6.07) is 12.7. The molecule has 3 heterocycles. The van der Waals surface area contributed by atoms with E-state index in [-0.39, 0.29) is 17.5 Å². The first-order valence-electron chi connectivity index (χ1n) is 11.4. The molecule has 1 aliphatic carbocycles. The molecule has 3 aliphatic heterocycles. The largest absolute Gasteiger partial charge is 0.465 e. The third-order valence-electron chi connectivity index (χ3n) is 7.81. The van der Waals surface area contributed by atoms with Gasteiger partial charge in [0, 0.05) is 11.6 Å². The molecule has 1 amide bonds. The van der Waals surface area contributed by atoms with E-state index in [1.54, 1.807) is 0 Å². The summed E-state index contributed by atoms with van der Waals surface area (Å²) in [6.45, 7) is 9.55. The molecule has 0 saturated carbocycles. The number of benzene rings is 2. The normalized spacial score (nSPS) is 28.4. The van der Waals surface area contributed by atoms with Gasteiger partial charge in [0.05, 0.1) is 12.1 Å². The zero-order chi connectivity index (χ0) is 21.9.